The minimum absolute atomic E-state index is 0.0907. The standard InChI is InChI=1S/C30H30N6O6/c1-5-32-25(37)16-33-29(40)30(3,4)42-24-9-7-6-8-23(24)41-21-12-10-20(11-13-21)35-26-19(14-31)15-34-36-17-22(28(38)39)18(2)27(26)36/h6-13,15,17,35H,5,16H2,1-4H3,(H,32,37)(H,33,40)(H,38,39). The van der Waals surface area contributed by atoms with Crippen molar-refractivity contribution in [2.75, 3.05) is 18.4 Å². The molecule has 0 radical (unpaired) electrons. The summed E-state index contributed by atoms with van der Waals surface area (Å²) < 4.78 is 13.5. The zero-order chi connectivity index (χ0) is 30.4. The van der Waals surface area contributed by atoms with Crippen molar-refractivity contribution in [2.45, 2.75) is 33.3 Å². The van der Waals surface area contributed by atoms with Crippen molar-refractivity contribution < 1.29 is 29.0 Å². The van der Waals surface area contributed by atoms with Crippen LogP contribution in [-0.4, -0.2) is 51.2 Å². The molecule has 0 unspecified atom stereocenters. The van der Waals surface area contributed by atoms with Gasteiger partial charge in [0, 0.05) is 18.4 Å². The number of carbonyl (C=O) groups is 3. The summed E-state index contributed by atoms with van der Waals surface area (Å²) in [4.78, 5) is 36.0. The summed E-state index contributed by atoms with van der Waals surface area (Å²) in [5, 5.41) is 31.7. The Hall–Kier alpha value is -5.57. The van der Waals surface area contributed by atoms with Crippen LogP contribution < -0.4 is 25.4 Å². The lowest BCUT2D eigenvalue weighted by atomic mass is 10.1. The average molecular weight is 571 g/mol. The van der Waals surface area contributed by atoms with Gasteiger partial charge in [0.15, 0.2) is 17.1 Å². The molecule has 42 heavy (non-hydrogen) atoms. The van der Waals surface area contributed by atoms with Gasteiger partial charge in [-0.15, -0.1) is 0 Å². The Morgan fingerprint density at radius 3 is 2.40 bits per heavy atom. The van der Waals surface area contributed by atoms with Crippen LogP contribution in [0.15, 0.2) is 60.9 Å². The van der Waals surface area contributed by atoms with Gasteiger partial charge < -0.3 is 30.5 Å². The molecule has 0 saturated carbocycles. The van der Waals surface area contributed by atoms with Gasteiger partial charge in [0.1, 0.15) is 11.8 Å². The predicted octanol–water partition coefficient (Wildman–Crippen LogP) is 4.16. The van der Waals surface area contributed by atoms with E-state index in [1.807, 2.05) is 0 Å². The summed E-state index contributed by atoms with van der Waals surface area (Å²) in [5.74, 6) is -0.674. The second-order valence-corrected chi connectivity index (χ2v) is 9.76. The van der Waals surface area contributed by atoms with Crippen LogP contribution in [0, 0.1) is 18.3 Å². The zero-order valence-electron chi connectivity index (χ0n) is 23.5. The lowest BCUT2D eigenvalue weighted by Crippen LogP contribution is -2.49. The molecule has 2 aromatic carbocycles. The molecule has 4 N–H and O–H groups in total. The fourth-order valence-corrected chi connectivity index (χ4v) is 4.17. The molecule has 12 nitrogen and oxygen atoms in total. The maximum atomic E-state index is 12.7. The largest absolute Gasteiger partial charge is 0.478 e. The lowest BCUT2D eigenvalue weighted by molar-refractivity contribution is -0.136. The Kier molecular flexibility index (Phi) is 8.62. The van der Waals surface area contributed by atoms with Gasteiger partial charge in [-0.2, -0.15) is 10.4 Å². The molecule has 0 aliphatic rings. The fraction of sp³-hybridized carbons (Fsp3) is 0.233. The third kappa shape index (κ3) is 6.42. The van der Waals surface area contributed by atoms with Crippen molar-refractivity contribution >= 4 is 34.7 Å². The van der Waals surface area contributed by atoms with Gasteiger partial charge in [0.05, 0.1) is 35.1 Å². The SMILES string of the molecule is CCNC(=O)CNC(=O)C(C)(C)Oc1ccccc1Oc1ccc(Nc2c(C#N)cnn3cc(C(=O)O)c(C)c23)cc1. The van der Waals surface area contributed by atoms with Gasteiger partial charge >= 0.3 is 5.97 Å². The summed E-state index contributed by atoms with van der Waals surface area (Å²) in [5.41, 5.74) is 1.06. The maximum absolute atomic E-state index is 12.7. The van der Waals surface area contributed by atoms with E-state index in [9.17, 15) is 24.8 Å². The van der Waals surface area contributed by atoms with Gasteiger partial charge in [-0.3, -0.25) is 9.59 Å². The average Bonchev–Trinajstić information content (AvgIpc) is 3.31. The van der Waals surface area contributed by atoms with Crippen molar-refractivity contribution in [2.24, 2.45) is 0 Å². The molecular formula is C30H30N6O6. The van der Waals surface area contributed by atoms with Gasteiger partial charge in [0.2, 0.25) is 5.91 Å². The highest BCUT2D eigenvalue weighted by Crippen LogP contribution is 2.35. The maximum Gasteiger partial charge on any atom is 0.337 e. The van der Waals surface area contributed by atoms with Crippen LogP contribution in [0.2, 0.25) is 0 Å². The number of anilines is 2. The third-order valence-electron chi connectivity index (χ3n) is 6.30. The van der Waals surface area contributed by atoms with E-state index in [4.69, 9.17) is 9.47 Å². The molecule has 0 aliphatic heterocycles. The van der Waals surface area contributed by atoms with E-state index in [1.54, 1.807) is 76.2 Å². The second kappa shape index (κ2) is 12.3. The van der Waals surface area contributed by atoms with Crippen molar-refractivity contribution in [1.29, 1.82) is 5.26 Å². The number of rotatable bonds is 11. The van der Waals surface area contributed by atoms with E-state index in [1.165, 1.54) is 16.9 Å². The number of amides is 2. The molecule has 4 aromatic rings. The van der Waals surface area contributed by atoms with Gasteiger partial charge in [-0.05, 0) is 69.7 Å². The van der Waals surface area contributed by atoms with Crippen LogP contribution in [-0.2, 0) is 9.59 Å². The van der Waals surface area contributed by atoms with E-state index in [0.29, 0.717) is 46.2 Å². The molecule has 12 heteroatoms. The number of nitrogens with zero attached hydrogens (tertiary/aromatic N) is 3. The molecular weight excluding hydrogens is 540 g/mol. The topological polar surface area (TPSA) is 167 Å². The summed E-state index contributed by atoms with van der Waals surface area (Å²) in [6, 6.07) is 15.9. The predicted molar refractivity (Wildman–Crippen MR) is 154 cm³/mol. The molecule has 216 valence electrons. The molecule has 2 heterocycles. The molecule has 0 fully saturated rings. The molecule has 0 bridgehead atoms. The Labute approximate surface area is 241 Å². The third-order valence-corrected chi connectivity index (χ3v) is 6.30. The number of carboxylic acid groups (broad SMARTS) is 1. The minimum atomic E-state index is -1.30. The first-order chi connectivity index (χ1) is 20.0. The molecule has 4 rings (SSSR count). The number of benzene rings is 2. The van der Waals surface area contributed by atoms with Crippen LogP contribution in [0.25, 0.3) is 5.52 Å². The van der Waals surface area contributed by atoms with Gasteiger partial charge in [-0.1, -0.05) is 12.1 Å². The van der Waals surface area contributed by atoms with Gasteiger partial charge in [0.25, 0.3) is 5.91 Å². The van der Waals surface area contributed by atoms with E-state index in [0.717, 1.165) is 0 Å². The minimum Gasteiger partial charge on any atom is -0.478 e. The molecule has 2 aromatic heterocycles. The monoisotopic (exact) mass is 570 g/mol. The number of carboxylic acids is 1. The first-order valence-electron chi connectivity index (χ1n) is 13.1. The van der Waals surface area contributed by atoms with E-state index in [2.05, 4.69) is 27.1 Å². The number of fused-ring (bicyclic) bond motifs is 1. The number of nitrogens with one attached hydrogen (secondary N) is 3. The van der Waals surface area contributed by atoms with Crippen LogP contribution in [0.4, 0.5) is 11.4 Å². The van der Waals surface area contributed by atoms with Crippen molar-refractivity contribution in [3.8, 4) is 23.3 Å². The highest BCUT2D eigenvalue weighted by atomic mass is 16.5. The Bertz CT molecular complexity index is 1690. The number of aromatic carboxylic acids is 1. The number of nitriles is 1. The molecule has 0 spiro atoms. The number of carbonyl (C=O) groups excluding carboxylic acids is 2. The van der Waals surface area contributed by atoms with Crippen LogP contribution in [0.5, 0.6) is 17.2 Å². The quantitative estimate of drug-likeness (QED) is 0.207. The second-order valence-electron chi connectivity index (χ2n) is 9.76. The van der Waals surface area contributed by atoms with Crippen molar-refractivity contribution in [3.63, 3.8) is 0 Å². The summed E-state index contributed by atoms with van der Waals surface area (Å²) in [6.07, 6.45) is 2.78. The number of aryl methyl sites for hydroxylation is 1. The number of hydrogen-bond donors (Lipinski definition) is 4. The number of para-hydroxylation sites is 2. The summed E-state index contributed by atoms with van der Waals surface area (Å²) in [6.45, 7) is 6.94. The smallest absolute Gasteiger partial charge is 0.337 e. The molecule has 0 saturated heterocycles. The highest BCUT2D eigenvalue weighted by molar-refractivity contribution is 5.96. The van der Waals surface area contributed by atoms with E-state index < -0.39 is 17.5 Å². The van der Waals surface area contributed by atoms with Crippen LogP contribution >= 0.6 is 0 Å². The molecule has 0 aliphatic carbocycles. The van der Waals surface area contributed by atoms with E-state index in [-0.39, 0.29) is 23.6 Å². The van der Waals surface area contributed by atoms with Crippen molar-refractivity contribution in [3.05, 3.63) is 77.6 Å². The van der Waals surface area contributed by atoms with E-state index >= 15 is 0 Å². The zero-order valence-corrected chi connectivity index (χ0v) is 23.5. The molecule has 2 amide bonds. The normalized spacial score (nSPS) is 10.9. The molecule has 0 atom stereocenters. The summed E-state index contributed by atoms with van der Waals surface area (Å²) >= 11 is 0. The summed E-state index contributed by atoms with van der Waals surface area (Å²) in [7, 11) is 0. The first-order valence-corrected chi connectivity index (χ1v) is 13.1. The lowest BCUT2D eigenvalue weighted by Gasteiger charge is -2.26. The fourth-order valence-electron chi connectivity index (χ4n) is 4.17. The number of aromatic nitrogens is 2. The number of ether oxygens (including phenoxy) is 2. The number of hydrogen-bond acceptors (Lipinski definition) is 8. The Morgan fingerprint density at radius 2 is 1.76 bits per heavy atom. The van der Waals surface area contributed by atoms with Gasteiger partial charge in [-0.25, -0.2) is 9.31 Å². The highest BCUT2D eigenvalue weighted by Gasteiger charge is 2.31. The van der Waals surface area contributed by atoms with Crippen LogP contribution in [0.3, 0.4) is 0 Å². The van der Waals surface area contributed by atoms with Crippen molar-refractivity contribution in [1.82, 2.24) is 20.2 Å². The first kappa shape index (κ1) is 29.4. The Morgan fingerprint density at radius 1 is 1.07 bits per heavy atom. The number of likely N-dealkylation sites (N-methyl/N-ethyl adjacent to an activating group) is 1. The Balaban J connectivity index is 1.51. The van der Waals surface area contributed by atoms with Crippen LogP contribution in [0.1, 0.15) is 42.3 Å².